The van der Waals surface area contributed by atoms with Gasteiger partial charge in [0.1, 0.15) is 12.7 Å². The van der Waals surface area contributed by atoms with Crippen molar-refractivity contribution in [1.29, 1.82) is 0 Å². The third-order valence-electron chi connectivity index (χ3n) is 3.64. The lowest BCUT2D eigenvalue weighted by Crippen LogP contribution is -2.55. The first-order valence-corrected chi connectivity index (χ1v) is 6.88. The molecule has 0 amide bonds. The van der Waals surface area contributed by atoms with Crippen LogP contribution in [0.1, 0.15) is 13.8 Å². The summed E-state index contributed by atoms with van der Waals surface area (Å²) in [7, 11) is 0. The lowest BCUT2D eigenvalue weighted by atomic mass is 10.0. The van der Waals surface area contributed by atoms with Crippen molar-refractivity contribution in [2.24, 2.45) is 0 Å². The van der Waals surface area contributed by atoms with E-state index in [1.165, 1.54) is 6.07 Å². The molecule has 112 valence electrons. The molecule has 0 radical (unpaired) electrons. The zero-order valence-electron chi connectivity index (χ0n) is 12.0. The van der Waals surface area contributed by atoms with Gasteiger partial charge in [0.25, 0.3) is 0 Å². The third kappa shape index (κ3) is 3.69. The molecule has 2 rings (SSSR count). The fourth-order valence-corrected chi connectivity index (χ4v) is 2.21. The molecule has 1 heterocycles. The SMILES string of the molecule is CC(C)(CO)N1CCOC(COc2ccccc2F)C1. The number of aliphatic hydroxyl groups excluding tert-OH is 1. The molecule has 5 heteroatoms. The Labute approximate surface area is 119 Å². The second kappa shape index (κ2) is 6.52. The molecule has 0 bridgehead atoms. The van der Waals surface area contributed by atoms with Crippen molar-refractivity contribution in [3.63, 3.8) is 0 Å². The van der Waals surface area contributed by atoms with E-state index in [-0.39, 0.29) is 29.8 Å². The van der Waals surface area contributed by atoms with Gasteiger partial charge in [0.15, 0.2) is 11.6 Å². The summed E-state index contributed by atoms with van der Waals surface area (Å²) < 4.78 is 24.6. The molecular weight excluding hydrogens is 261 g/mol. The van der Waals surface area contributed by atoms with Crippen LogP contribution in [0.3, 0.4) is 0 Å². The van der Waals surface area contributed by atoms with Gasteiger partial charge >= 0.3 is 0 Å². The molecule has 1 saturated heterocycles. The van der Waals surface area contributed by atoms with Gasteiger partial charge in [-0.1, -0.05) is 12.1 Å². The highest BCUT2D eigenvalue weighted by Crippen LogP contribution is 2.20. The van der Waals surface area contributed by atoms with Crippen LogP contribution in [0.4, 0.5) is 4.39 Å². The highest BCUT2D eigenvalue weighted by atomic mass is 19.1. The van der Waals surface area contributed by atoms with Gasteiger partial charge in [0.2, 0.25) is 0 Å². The van der Waals surface area contributed by atoms with E-state index < -0.39 is 0 Å². The van der Waals surface area contributed by atoms with Gasteiger partial charge in [0, 0.05) is 18.6 Å². The fraction of sp³-hybridized carbons (Fsp3) is 0.600. The van der Waals surface area contributed by atoms with Crippen molar-refractivity contribution in [3.8, 4) is 5.75 Å². The highest BCUT2D eigenvalue weighted by Gasteiger charge is 2.31. The topological polar surface area (TPSA) is 41.9 Å². The van der Waals surface area contributed by atoms with E-state index in [9.17, 15) is 9.50 Å². The van der Waals surface area contributed by atoms with Crippen LogP contribution in [0.5, 0.6) is 5.75 Å². The Hall–Kier alpha value is -1.17. The smallest absolute Gasteiger partial charge is 0.165 e. The summed E-state index contributed by atoms with van der Waals surface area (Å²) in [5, 5.41) is 9.41. The van der Waals surface area contributed by atoms with Crippen LogP contribution in [0.15, 0.2) is 24.3 Å². The molecule has 4 nitrogen and oxygen atoms in total. The predicted molar refractivity (Wildman–Crippen MR) is 74.4 cm³/mol. The minimum Gasteiger partial charge on any atom is -0.488 e. The number of aliphatic hydroxyl groups is 1. The van der Waals surface area contributed by atoms with E-state index >= 15 is 0 Å². The molecule has 1 fully saturated rings. The van der Waals surface area contributed by atoms with Crippen LogP contribution in [0.25, 0.3) is 0 Å². The van der Waals surface area contributed by atoms with Crippen molar-refractivity contribution in [3.05, 3.63) is 30.1 Å². The fourth-order valence-electron chi connectivity index (χ4n) is 2.21. The maximum Gasteiger partial charge on any atom is 0.165 e. The molecule has 1 unspecified atom stereocenters. The van der Waals surface area contributed by atoms with Crippen LogP contribution in [-0.4, -0.2) is 54.6 Å². The number of para-hydroxylation sites is 1. The summed E-state index contributed by atoms with van der Waals surface area (Å²) in [5.74, 6) is -0.120. The maximum atomic E-state index is 13.5. The van der Waals surface area contributed by atoms with Crippen molar-refractivity contribution in [2.45, 2.75) is 25.5 Å². The predicted octanol–water partition coefficient (Wildman–Crippen LogP) is 1.68. The number of benzene rings is 1. The first-order valence-electron chi connectivity index (χ1n) is 6.88. The van der Waals surface area contributed by atoms with Gasteiger partial charge in [-0.2, -0.15) is 0 Å². The second-order valence-corrected chi connectivity index (χ2v) is 5.65. The van der Waals surface area contributed by atoms with Gasteiger partial charge in [-0.25, -0.2) is 4.39 Å². The number of rotatable bonds is 5. The Kier molecular flexibility index (Phi) is 4.96. The summed E-state index contributed by atoms with van der Waals surface area (Å²) in [6.07, 6.45) is -0.116. The quantitative estimate of drug-likeness (QED) is 0.892. The molecule has 0 spiro atoms. The second-order valence-electron chi connectivity index (χ2n) is 5.65. The van der Waals surface area contributed by atoms with Crippen LogP contribution in [0.2, 0.25) is 0 Å². The largest absolute Gasteiger partial charge is 0.488 e. The summed E-state index contributed by atoms with van der Waals surface area (Å²) in [5.41, 5.74) is -0.278. The maximum absolute atomic E-state index is 13.5. The van der Waals surface area contributed by atoms with E-state index in [0.29, 0.717) is 19.8 Å². The van der Waals surface area contributed by atoms with Crippen molar-refractivity contribution >= 4 is 0 Å². The Balaban J connectivity index is 1.89. The first kappa shape index (κ1) is 15.2. The highest BCUT2D eigenvalue weighted by molar-refractivity contribution is 5.23. The number of morpholine rings is 1. The molecule has 1 aliphatic heterocycles. The molecule has 1 atom stereocenters. The number of ether oxygens (including phenoxy) is 2. The zero-order chi connectivity index (χ0) is 14.6. The van der Waals surface area contributed by atoms with E-state index in [2.05, 4.69) is 4.90 Å². The summed E-state index contributed by atoms with van der Waals surface area (Å²) in [6, 6.07) is 6.35. The molecule has 1 aliphatic rings. The number of nitrogens with zero attached hydrogens (tertiary/aromatic N) is 1. The summed E-state index contributed by atoms with van der Waals surface area (Å²) in [4.78, 5) is 2.17. The van der Waals surface area contributed by atoms with Gasteiger partial charge in [-0.3, -0.25) is 4.90 Å². The Morgan fingerprint density at radius 2 is 2.20 bits per heavy atom. The minimum absolute atomic E-state index is 0.0912. The van der Waals surface area contributed by atoms with Crippen molar-refractivity contribution < 1.29 is 19.0 Å². The molecule has 1 N–H and O–H groups in total. The number of hydrogen-bond acceptors (Lipinski definition) is 4. The van der Waals surface area contributed by atoms with Crippen LogP contribution in [0, 0.1) is 5.82 Å². The molecule has 0 saturated carbocycles. The Bertz CT molecular complexity index is 439. The number of halogens is 1. The third-order valence-corrected chi connectivity index (χ3v) is 3.64. The molecule has 0 aromatic heterocycles. The van der Waals surface area contributed by atoms with E-state index in [1.807, 2.05) is 13.8 Å². The van der Waals surface area contributed by atoms with Gasteiger partial charge < -0.3 is 14.6 Å². The lowest BCUT2D eigenvalue weighted by molar-refractivity contribution is -0.0857. The molecule has 1 aromatic rings. The number of hydrogen-bond donors (Lipinski definition) is 1. The average Bonchev–Trinajstić information content (AvgIpc) is 2.47. The molecule has 1 aromatic carbocycles. The zero-order valence-corrected chi connectivity index (χ0v) is 12.0. The Morgan fingerprint density at radius 3 is 2.90 bits per heavy atom. The standard InChI is InChI=1S/C15H22FNO3/c1-15(2,11-18)17-7-8-19-12(9-17)10-20-14-6-4-3-5-13(14)16/h3-6,12,18H,7-11H2,1-2H3. The van der Waals surface area contributed by atoms with Crippen molar-refractivity contribution in [2.75, 3.05) is 32.9 Å². The lowest BCUT2D eigenvalue weighted by Gasteiger charge is -2.42. The van der Waals surface area contributed by atoms with Crippen LogP contribution in [-0.2, 0) is 4.74 Å². The van der Waals surface area contributed by atoms with Crippen LogP contribution >= 0.6 is 0 Å². The van der Waals surface area contributed by atoms with E-state index in [4.69, 9.17) is 9.47 Å². The monoisotopic (exact) mass is 283 g/mol. The van der Waals surface area contributed by atoms with E-state index in [1.54, 1.807) is 18.2 Å². The van der Waals surface area contributed by atoms with Gasteiger partial charge in [0.05, 0.1) is 13.2 Å². The Morgan fingerprint density at radius 1 is 1.45 bits per heavy atom. The molecular formula is C15H22FNO3. The molecule has 0 aliphatic carbocycles. The average molecular weight is 283 g/mol. The van der Waals surface area contributed by atoms with Crippen molar-refractivity contribution in [1.82, 2.24) is 4.90 Å². The van der Waals surface area contributed by atoms with Gasteiger partial charge in [-0.05, 0) is 26.0 Å². The van der Waals surface area contributed by atoms with Crippen LogP contribution < -0.4 is 4.74 Å². The summed E-state index contributed by atoms with van der Waals surface area (Å²) >= 11 is 0. The summed E-state index contributed by atoms with van der Waals surface area (Å²) in [6.45, 7) is 6.42. The minimum atomic E-state index is -0.365. The normalized spacial score (nSPS) is 20.9. The molecule has 20 heavy (non-hydrogen) atoms. The van der Waals surface area contributed by atoms with Gasteiger partial charge in [-0.15, -0.1) is 0 Å². The van der Waals surface area contributed by atoms with E-state index in [0.717, 1.165) is 6.54 Å². The first-order chi connectivity index (χ1) is 9.53.